The lowest BCUT2D eigenvalue weighted by Crippen LogP contribution is -2.15. The molecular formula is C11H11ClO3. The van der Waals surface area contributed by atoms with E-state index in [9.17, 15) is 4.79 Å². The van der Waals surface area contributed by atoms with Crippen molar-refractivity contribution >= 4 is 16.8 Å². The highest BCUT2D eigenvalue weighted by molar-refractivity contribution is 6.67. The lowest BCUT2D eigenvalue weighted by atomic mass is 10.2. The molecule has 0 radical (unpaired) electrons. The summed E-state index contributed by atoms with van der Waals surface area (Å²) in [5, 5.41) is -0.469. The summed E-state index contributed by atoms with van der Waals surface area (Å²) in [5.74, 6) is 0.664. The molecule has 1 saturated heterocycles. The van der Waals surface area contributed by atoms with Gasteiger partial charge in [-0.1, -0.05) is 6.07 Å². The van der Waals surface area contributed by atoms with Gasteiger partial charge in [-0.15, -0.1) is 0 Å². The van der Waals surface area contributed by atoms with Gasteiger partial charge in [-0.05, 0) is 29.8 Å². The van der Waals surface area contributed by atoms with Crippen LogP contribution in [-0.4, -0.2) is 24.6 Å². The average molecular weight is 227 g/mol. The predicted molar refractivity (Wildman–Crippen MR) is 56.5 cm³/mol. The second-order valence-corrected chi connectivity index (χ2v) is 3.75. The second-order valence-electron chi connectivity index (χ2n) is 3.40. The number of rotatable bonds is 3. The van der Waals surface area contributed by atoms with E-state index in [1.165, 1.54) is 0 Å². The molecule has 1 fully saturated rings. The fraction of sp³-hybridized carbons (Fsp3) is 0.364. The smallest absolute Gasteiger partial charge is 0.252 e. The summed E-state index contributed by atoms with van der Waals surface area (Å²) in [4.78, 5) is 10.9. The summed E-state index contributed by atoms with van der Waals surface area (Å²) in [6.07, 6.45) is 0.977. The Kier molecular flexibility index (Phi) is 3.23. The maximum Gasteiger partial charge on any atom is 0.252 e. The minimum atomic E-state index is -0.469. The molecule has 1 aliphatic heterocycles. The molecule has 1 aromatic carbocycles. The minimum Gasteiger partial charge on any atom is -0.488 e. The van der Waals surface area contributed by atoms with Crippen LogP contribution in [0.25, 0.3) is 0 Å². The Morgan fingerprint density at radius 3 is 3.07 bits per heavy atom. The Morgan fingerprint density at radius 1 is 1.53 bits per heavy atom. The van der Waals surface area contributed by atoms with E-state index in [4.69, 9.17) is 21.1 Å². The molecule has 0 saturated carbocycles. The van der Waals surface area contributed by atoms with Gasteiger partial charge < -0.3 is 9.47 Å². The molecule has 2 rings (SSSR count). The number of carbonyl (C=O) groups is 1. The summed E-state index contributed by atoms with van der Waals surface area (Å²) in [6, 6.07) is 6.86. The first-order valence-electron chi connectivity index (χ1n) is 4.80. The average Bonchev–Trinajstić information content (AvgIpc) is 2.71. The van der Waals surface area contributed by atoms with Gasteiger partial charge in [0.2, 0.25) is 0 Å². The molecule has 15 heavy (non-hydrogen) atoms. The molecule has 1 aromatic rings. The van der Waals surface area contributed by atoms with Crippen molar-refractivity contribution in [2.24, 2.45) is 0 Å². The van der Waals surface area contributed by atoms with Gasteiger partial charge in [0.15, 0.2) is 0 Å². The molecule has 0 N–H and O–H groups in total. The van der Waals surface area contributed by atoms with E-state index in [1.54, 1.807) is 18.2 Å². The molecule has 0 unspecified atom stereocenters. The summed E-state index contributed by atoms with van der Waals surface area (Å²) in [5.41, 5.74) is 0.452. The van der Waals surface area contributed by atoms with Crippen LogP contribution in [0.5, 0.6) is 5.75 Å². The van der Waals surface area contributed by atoms with Crippen LogP contribution >= 0.6 is 11.6 Å². The molecule has 0 spiro atoms. The molecule has 1 heterocycles. The highest BCUT2D eigenvalue weighted by Crippen LogP contribution is 2.19. The van der Waals surface area contributed by atoms with Crippen molar-refractivity contribution in [3.8, 4) is 5.75 Å². The van der Waals surface area contributed by atoms with Gasteiger partial charge in [0.25, 0.3) is 5.24 Å². The van der Waals surface area contributed by atoms with Crippen molar-refractivity contribution in [3.63, 3.8) is 0 Å². The summed E-state index contributed by atoms with van der Waals surface area (Å²) in [6.45, 7) is 1.35. The van der Waals surface area contributed by atoms with E-state index >= 15 is 0 Å². The monoisotopic (exact) mass is 226 g/mol. The van der Waals surface area contributed by atoms with Crippen LogP contribution in [0.15, 0.2) is 24.3 Å². The zero-order valence-corrected chi connectivity index (χ0v) is 8.87. The third-order valence-electron chi connectivity index (χ3n) is 2.25. The maximum atomic E-state index is 10.9. The van der Waals surface area contributed by atoms with Crippen molar-refractivity contribution in [2.75, 3.05) is 13.2 Å². The molecule has 0 aliphatic carbocycles. The summed E-state index contributed by atoms with van der Waals surface area (Å²) < 4.78 is 10.8. The van der Waals surface area contributed by atoms with Crippen LogP contribution in [-0.2, 0) is 4.74 Å². The number of carbonyl (C=O) groups excluding carboxylic acids is 1. The molecule has 3 nitrogen and oxygen atoms in total. The standard InChI is InChI=1S/C11H11ClO3/c12-11(13)8-2-1-3-9(6-8)15-10-4-5-14-7-10/h1-3,6,10H,4-5,7H2/t10-/m1/s1. The topological polar surface area (TPSA) is 35.5 Å². The summed E-state index contributed by atoms with van der Waals surface area (Å²) >= 11 is 5.37. The first kappa shape index (κ1) is 10.5. The molecule has 1 atom stereocenters. The number of ether oxygens (including phenoxy) is 2. The van der Waals surface area contributed by atoms with E-state index in [-0.39, 0.29) is 6.10 Å². The largest absolute Gasteiger partial charge is 0.488 e. The third-order valence-corrected chi connectivity index (χ3v) is 2.47. The molecule has 80 valence electrons. The van der Waals surface area contributed by atoms with Gasteiger partial charge >= 0.3 is 0 Å². The SMILES string of the molecule is O=C(Cl)c1cccc(O[C@@H]2CCOC2)c1. The zero-order chi connectivity index (χ0) is 10.7. The summed E-state index contributed by atoms with van der Waals surface area (Å²) in [7, 11) is 0. The predicted octanol–water partition coefficient (Wildman–Crippen LogP) is 2.23. The lowest BCUT2D eigenvalue weighted by molar-refractivity contribution is 0.108. The second kappa shape index (κ2) is 4.64. The van der Waals surface area contributed by atoms with Gasteiger partial charge in [0.1, 0.15) is 11.9 Å². The van der Waals surface area contributed by atoms with Crippen molar-refractivity contribution in [3.05, 3.63) is 29.8 Å². The van der Waals surface area contributed by atoms with Gasteiger partial charge in [0.05, 0.1) is 13.2 Å². The third kappa shape index (κ3) is 2.70. The normalized spacial score (nSPS) is 20.2. The number of hydrogen-bond donors (Lipinski definition) is 0. The van der Waals surface area contributed by atoms with Gasteiger partial charge in [-0.3, -0.25) is 4.79 Å². The molecule has 0 bridgehead atoms. The lowest BCUT2D eigenvalue weighted by Gasteiger charge is -2.11. The fourth-order valence-corrected chi connectivity index (χ4v) is 1.61. The van der Waals surface area contributed by atoms with Crippen LogP contribution in [0.3, 0.4) is 0 Å². The van der Waals surface area contributed by atoms with E-state index in [2.05, 4.69) is 0 Å². The van der Waals surface area contributed by atoms with Crippen LogP contribution in [0, 0.1) is 0 Å². The van der Waals surface area contributed by atoms with Gasteiger partial charge in [0, 0.05) is 12.0 Å². The van der Waals surface area contributed by atoms with E-state index in [0.29, 0.717) is 17.9 Å². The Bertz CT molecular complexity index is 359. The Labute approximate surface area is 92.9 Å². The van der Waals surface area contributed by atoms with Crippen LogP contribution in [0.4, 0.5) is 0 Å². The van der Waals surface area contributed by atoms with E-state index in [1.807, 2.05) is 6.07 Å². The molecule has 0 aromatic heterocycles. The van der Waals surface area contributed by atoms with Crippen molar-refractivity contribution < 1.29 is 14.3 Å². The fourth-order valence-electron chi connectivity index (χ4n) is 1.49. The van der Waals surface area contributed by atoms with Crippen molar-refractivity contribution in [1.29, 1.82) is 0 Å². The molecule has 4 heteroatoms. The highest BCUT2D eigenvalue weighted by atomic mass is 35.5. The first-order valence-corrected chi connectivity index (χ1v) is 5.18. The first-order chi connectivity index (χ1) is 7.25. The van der Waals surface area contributed by atoms with E-state index in [0.717, 1.165) is 13.0 Å². The Morgan fingerprint density at radius 2 is 2.40 bits per heavy atom. The Balaban J connectivity index is 2.07. The van der Waals surface area contributed by atoms with Crippen LogP contribution in [0.1, 0.15) is 16.8 Å². The van der Waals surface area contributed by atoms with Gasteiger partial charge in [-0.2, -0.15) is 0 Å². The maximum absolute atomic E-state index is 10.9. The number of benzene rings is 1. The number of halogens is 1. The van der Waals surface area contributed by atoms with Crippen LogP contribution < -0.4 is 4.74 Å². The Hall–Kier alpha value is -1.06. The molecular weight excluding hydrogens is 216 g/mol. The van der Waals surface area contributed by atoms with Crippen LogP contribution in [0.2, 0.25) is 0 Å². The quantitative estimate of drug-likeness (QED) is 0.742. The highest BCUT2D eigenvalue weighted by Gasteiger charge is 2.17. The van der Waals surface area contributed by atoms with Crippen molar-refractivity contribution in [1.82, 2.24) is 0 Å². The van der Waals surface area contributed by atoms with E-state index < -0.39 is 5.24 Å². The molecule has 1 aliphatic rings. The molecule has 0 amide bonds. The number of hydrogen-bond acceptors (Lipinski definition) is 3. The van der Waals surface area contributed by atoms with Gasteiger partial charge in [-0.25, -0.2) is 0 Å². The van der Waals surface area contributed by atoms with Crippen molar-refractivity contribution in [2.45, 2.75) is 12.5 Å². The minimum absolute atomic E-state index is 0.0886. The zero-order valence-electron chi connectivity index (χ0n) is 8.11.